The van der Waals surface area contributed by atoms with Gasteiger partial charge in [0.2, 0.25) is 0 Å². The van der Waals surface area contributed by atoms with Gasteiger partial charge < -0.3 is 5.32 Å². The number of hydrogen-bond acceptors (Lipinski definition) is 1. The van der Waals surface area contributed by atoms with E-state index in [0.717, 1.165) is 6.54 Å². The normalized spacial score (nSPS) is 12.1. The molecule has 2 heteroatoms. The van der Waals surface area contributed by atoms with Crippen molar-refractivity contribution in [3.63, 3.8) is 0 Å². The molecule has 0 bridgehead atoms. The van der Waals surface area contributed by atoms with Crippen LogP contribution in [-0.2, 0) is 6.54 Å². The van der Waals surface area contributed by atoms with Crippen LogP contribution in [0.1, 0.15) is 19.4 Å². The van der Waals surface area contributed by atoms with Crippen molar-refractivity contribution in [1.82, 2.24) is 5.32 Å². The average Bonchev–Trinajstić information content (AvgIpc) is 2.13. The van der Waals surface area contributed by atoms with Crippen LogP contribution in [0, 0.1) is 0 Å². The number of nitrogens with one attached hydrogen (secondary N) is 1. The van der Waals surface area contributed by atoms with E-state index in [4.69, 9.17) is 0 Å². The molecule has 1 N–H and O–H groups in total. The first-order valence-electron chi connectivity index (χ1n) is 5.73. The van der Waals surface area contributed by atoms with Crippen molar-refractivity contribution < 1.29 is 0 Å². The van der Waals surface area contributed by atoms with E-state index >= 15 is 0 Å². The molecule has 15 heavy (non-hydrogen) atoms. The van der Waals surface area contributed by atoms with Gasteiger partial charge >= 0.3 is 0 Å². The van der Waals surface area contributed by atoms with Crippen molar-refractivity contribution in [3.05, 3.63) is 29.8 Å². The zero-order valence-electron chi connectivity index (χ0n) is 10.6. The van der Waals surface area contributed by atoms with Gasteiger partial charge in [-0.05, 0) is 5.56 Å². The Kier molecular flexibility index (Phi) is 4.11. The SMILES string of the molecule is CC(C)NCc1ccccc1[Si](C)(C)C. The van der Waals surface area contributed by atoms with Gasteiger partial charge in [-0.1, -0.05) is 62.9 Å². The molecule has 1 aromatic carbocycles. The van der Waals surface area contributed by atoms with Crippen LogP contribution in [0.25, 0.3) is 0 Å². The lowest BCUT2D eigenvalue weighted by molar-refractivity contribution is 0.590. The van der Waals surface area contributed by atoms with Crippen LogP contribution in [-0.4, -0.2) is 14.1 Å². The van der Waals surface area contributed by atoms with Gasteiger partial charge in [0.25, 0.3) is 0 Å². The molecule has 84 valence electrons. The van der Waals surface area contributed by atoms with E-state index in [1.54, 1.807) is 5.19 Å². The van der Waals surface area contributed by atoms with E-state index in [2.05, 4.69) is 63.1 Å². The molecule has 0 aliphatic rings. The topological polar surface area (TPSA) is 12.0 Å². The maximum Gasteiger partial charge on any atom is 0.0780 e. The first-order valence-corrected chi connectivity index (χ1v) is 9.23. The molecule has 0 radical (unpaired) electrons. The molecule has 1 rings (SSSR count). The van der Waals surface area contributed by atoms with Gasteiger partial charge in [0.05, 0.1) is 8.07 Å². The fraction of sp³-hybridized carbons (Fsp3) is 0.538. The van der Waals surface area contributed by atoms with E-state index in [1.165, 1.54) is 5.56 Å². The number of rotatable bonds is 4. The fourth-order valence-electron chi connectivity index (χ4n) is 1.72. The Morgan fingerprint density at radius 3 is 2.27 bits per heavy atom. The third-order valence-electron chi connectivity index (χ3n) is 2.53. The van der Waals surface area contributed by atoms with Crippen LogP contribution in [0.5, 0.6) is 0 Å². The summed E-state index contributed by atoms with van der Waals surface area (Å²) >= 11 is 0. The second kappa shape index (κ2) is 4.95. The minimum absolute atomic E-state index is 0.555. The van der Waals surface area contributed by atoms with Crippen molar-refractivity contribution in [2.24, 2.45) is 0 Å². The Morgan fingerprint density at radius 2 is 1.73 bits per heavy atom. The molecule has 1 nitrogen and oxygen atoms in total. The fourth-order valence-corrected chi connectivity index (χ4v) is 3.45. The molecule has 0 saturated carbocycles. The Labute approximate surface area is 94.9 Å². The minimum atomic E-state index is -1.19. The van der Waals surface area contributed by atoms with Gasteiger partial charge in [-0.25, -0.2) is 0 Å². The lowest BCUT2D eigenvalue weighted by atomic mass is 10.2. The minimum Gasteiger partial charge on any atom is -0.310 e. The highest BCUT2D eigenvalue weighted by molar-refractivity contribution is 6.89. The Bertz CT molecular complexity index is 313. The molecule has 0 spiro atoms. The first kappa shape index (κ1) is 12.5. The largest absolute Gasteiger partial charge is 0.310 e. The van der Waals surface area contributed by atoms with E-state index in [0.29, 0.717) is 6.04 Å². The van der Waals surface area contributed by atoms with Crippen LogP contribution in [0.15, 0.2) is 24.3 Å². The third kappa shape index (κ3) is 3.80. The first-order chi connectivity index (χ1) is 6.91. The van der Waals surface area contributed by atoms with Crippen LogP contribution >= 0.6 is 0 Å². The molecule has 0 saturated heterocycles. The summed E-state index contributed by atoms with van der Waals surface area (Å²) in [6, 6.07) is 9.40. The molecule has 0 unspecified atom stereocenters. The molecule has 0 aliphatic heterocycles. The molecule has 0 fully saturated rings. The highest BCUT2D eigenvalue weighted by Gasteiger charge is 2.19. The molecule has 0 heterocycles. The highest BCUT2D eigenvalue weighted by Crippen LogP contribution is 2.07. The zero-order valence-corrected chi connectivity index (χ0v) is 11.6. The van der Waals surface area contributed by atoms with Crippen molar-refractivity contribution in [2.75, 3.05) is 0 Å². The summed E-state index contributed by atoms with van der Waals surface area (Å²) in [6.07, 6.45) is 0. The molecule has 0 atom stereocenters. The van der Waals surface area contributed by atoms with Crippen molar-refractivity contribution >= 4 is 13.3 Å². The van der Waals surface area contributed by atoms with Crippen LogP contribution < -0.4 is 10.5 Å². The molecule has 0 amide bonds. The Balaban J connectivity index is 2.87. The van der Waals surface area contributed by atoms with Crippen LogP contribution in [0.3, 0.4) is 0 Å². The summed E-state index contributed by atoms with van der Waals surface area (Å²) in [5, 5.41) is 5.08. The summed E-state index contributed by atoms with van der Waals surface area (Å²) in [4.78, 5) is 0. The Morgan fingerprint density at radius 1 is 1.13 bits per heavy atom. The molecule has 0 aliphatic carbocycles. The predicted molar refractivity (Wildman–Crippen MR) is 71.4 cm³/mol. The van der Waals surface area contributed by atoms with Gasteiger partial charge in [0.1, 0.15) is 0 Å². The van der Waals surface area contributed by atoms with Gasteiger partial charge in [0, 0.05) is 12.6 Å². The standard InChI is InChI=1S/C13H23NSi/c1-11(2)14-10-12-8-6-7-9-13(12)15(3,4)5/h6-9,11,14H,10H2,1-5H3. The highest BCUT2D eigenvalue weighted by atomic mass is 28.3. The van der Waals surface area contributed by atoms with Crippen molar-refractivity contribution in [1.29, 1.82) is 0 Å². The van der Waals surface area contributed by atoms with E-state index in [1.807, 2.05) is 0 Å². The lowest BCUT2D eigenvalue weighted by Gasteiger charge is -2.21. The number of benzene rings is 1. The van der Waals surface area contributed by atoms with E-state index in [-0.39, 0.29) is 0 Å². The van der Waals surface area contributed by atoms with Gasteiger partial charge in [0.15, 0.2) is 0 Å². The lowest BCUT2D eigenvalue weighted by Crippen LogP contribution is -2.41. The summed E-state index contributed by atoms with van der Waals surface area (Å²) in [6.45, 7) is 12.6. The second-order valence-electron chi connectivity index (χ2n) is 5.44. The van der Waals surface area contributed by atoms with Crippen molar-refractivity contribution in [3.8, 4) is 0 Å². The molecule has 0 aromatic heterocycles. The Hall–Kier alpha value is -0.603. The molecule has 1 aromatic rings. The molecular formula is C13H23NSi. The number of hydrogen-bond donors (Lipinski definition) is 1. The quantitative estimate of drug-likeness (QED) is 0.771. The average molecular weight is 221 g/mol. The molecular weight excluding hydrogens is 198 g/mol. The second-order valence-corrected chi connectivity index (χ2v) is 10.5. The van der Waals surface area contributed by atoms with Crippen LogP contribution in [0.4, 0.5) is 0 Å². The van der Waals surface area contributed by atoms with Crippen molar-refractivity contribution in [2.45, 2.75) is 46.1 Å². The van der Waals surface area contributed by atoms with E-state index in [9.17, 15) is 0 Å². The summed E-state index contributed by atoms with van der Waals surface area (Å²) in [5.74, 6) is 0. The summed E-state index contributed by atoms with van der Waals surface area (Å²) in [5.41, 5.74) is 1.48. The van der Waals surface area contributed by atoms with E-state index < -0.39 is 8.07 Å². The summed E-state index contributed by atoms with van der Waals surface area (Å²) < 4.78 is 0. The zero-order chi connectivity index (χ0) is 11.5. The third-order valence-corrected chi connectivity index (χ3v) is 4.63. The maximum atomic E-state index is 3.50. The van der Waals surface area contributed by atoms with Gasteiger partial charge in [-0.3, -0.25) is 0 Å². The summed E-state index contributed by atoms with van der Waals surface area (Å²) in [7, 11) is -1.19. The predicted octanol–water partition coefficient (Wildman–Crippen LogP) is 2.73. The smallest absolute Gasteiger partial charge is 0.0780 e. The maximum absolute atomic E-state index is 3.50. The van der Waals surface area contributed by atoms with Gasteiger partial charge in [-0.15, -0.1) is 0 Å². The van der Waals surface area contributed by atoms with Gasteiger partial charge in [-0.2, -0.15) is 0 Å². The monoisotopic (exact) mass is 221 g/mol. The van der Waals surface area contributed by atoms with Crippen LogP contribution in [0.2, 0.25) is 19.6 Å².